The average molecular weight is 266 g/mol. The minimum Gasteiger partial charge on any atom is -0.492 e. The Hall–Kier alpha value is -1.80. The van der Waals surface area contributed by atoms with E-state index < -0.39 is 0 Å². The van der Waals surface area contributed by atoms with E-state index in [1.165, 1.54) is 22.3 Å². The van der Waals surface area contributed by atoms with E-state index in [0.717, 1.165) is 31.8 Å². The lowest BCUT2D eigenvalue weighted by molar-refractivity contribution is 0.202. The molecule has 2 aromatic carbocycles. The van der Waals surface area contributed by atoms with Crippen LogP contribution in [0, 0.1) is 0 Å². The van der Waals surface area contributed by atoms with Gasteiger partial charge in [0, 0.05) is 12.7 Å². The van der Waals surface area contributed by atoms with Crippen LogP contribution in [-0.4, -0.2) is 20.3 Å². The number of hydrogen-bond donors (Lipinski definition) is 0. The summed E-state index contributed by atoms with van der Waals surface area (Å²) in [4.78, 5) is 0. The maximum absolute atomic E-state index is 5.94. The van der Waals surface area contributed by atoms with Crippen LogP contribution >= 0.6 is 0 Å². The SMILES string of the molecule is COCCc1ccc2c(c1)C1(CO2)Cc2ccccc21. The first-order chi connectivity index (χ1) is 9.83. The molecule has 0 saturated heterocycles. The van der Waals surface area contributed by atoms with Gasteiger partial charge in [-0.05, 0) is 35.6 Å². The Kier molecular flexibility index (Phi) is 2.61. The Labute approximate surface area is 119 Å². The monoisotopic (exact) mass is 266 g/mol. The van der Waals surface area contributed by atoms with E-state index in [4.69, 9.17) is 9.47 Å². The van der Waals surface area contributed by atoms with Gasteiger partial charge in [-0.25, -0.2) is 0 Å². The van der Waals surface area contributed by atoms with Crippen LogP contribution in [0.3, 0.4) is 0 Å². The highest BCUT2D eigenvalue weighted by Crippen LogP contribution is 2.52. The quantitative estimate of drug-likeness (QED) is 0.850. The van der Waals surface area contributed by atoms with Gasteiger partial charge in [-0.15, -0.1) is 0 Å². The molecule has 0 radical (unpaired) electrons. The van der Waals surface area contributed by atoms with Crippen molar-refractivity contribution in [3.8, 4) is 5.75 Å². The molecule has 2 aliphatic rings. The minimum absolute atomic E-state index is 0.106. The second kappa shape index (κ2) is 4.35. The summed E-state index contributed by atoms with van der Waals surface area (Å²) in [5, 5.41) is 0. The first-order valence-corrected chi connectivity index (χ1v) is 7.17. The van der Waals surface area contributed by atoms with Gasteiger partial charge in [0.1, 0.15) is 12.4 Å². The highest BCUT2D eigenvalue weighted by molar-refractivity contribution is 5.60. The van der Waals surface area contributed by atoms with E-state index in [9.17, 15) is 0 Å². The molecule has 2 nitrogen and oxygen atoms in total. The van der Waals surface area contributed by atoms with Gasteiger partial charge in [0.2, 0.25) is 0 Å². The van der Waals surface area contributed by atoms with Gasteiger partial charge in [-0.3, -0.25) is 0 Å². The fraction of sp³-hybridized carbons (Fsp3) is 0.333. The van der Waals surface area contributed by atoms with E-state index in [0.29, 0.717) is 0 Å². The zero-order valence-electron chi connectivity index (χ0n) is 11.7. The Morgan fingerprint density at radius 1 is 1.15 bits per heavy atom. The van der Waals surface area contributed by atoms with Crippen LogP contribution in [0.1, 0.15) is 22.3 Å². The van der Waals surface area contributed by atoms with Gasteiger partial charge in [0.15, 0.2) is 0 Å². The third-order valence-electron chi connectivity index (χ3n) is 4.65. The lowest BCUT2D eigenvalue weighted by Gasteiger charge is -2.40. The Morgan fingerprint density at radius 2 is 2.05 bits per heavy atom. The second-order valence-corrected chi connectivity index (χ2v) is 5.78. The van der Waals surface area contributed by atoms with Crippen LogP contribution in [0.2, 0.25) is 0 Å². The summed E-state index contributed by atoms with van der Waals surface area (Å²) >= 11 is 0. The number of hydrogen-bond acceptors (Lipinski definition) is 2. The molecule has 102 valence electrons. The lowest BCUT2D eigenvalue weighted by atomic mass is 9.61. The molecule has 1 unspecified atom stereocenters. The molecule has 20 heavy (non-hydrogen) atoms. The van der Waals surface area contributed by atoms with Crippen molar-refractivity contribution in [3.05, 3.63) is 64.7 Å². The van der Waals surface area contributed by atoms with Gasteiger partial charge in [0.25, 0.3) is 0 Å². The summed E-state index contributed by atoms with van der Waals surface area (Å²) in [6, 6.07) is 15.3. The van der Waals surface area contributed by atoms with Gasteiger partial charge >= 0.3 is 0 Å². The van der Waals surface area contributed by atoms with Crippen molar-refractivity contribution in [1.29, 1.82) is 0 Å². The summed E-state index contributed by atoms with van der Waals surface area (Å²) in [6.45, 7) is 1.55. The van der Waals surface area contributed by atoms with Crippen molar-refractivity contribution in [1.82, 2.24) is 0 Å². The molecule has 1 aliphatic carbocycles. The fourth-order valence-electron chi connectivity index (χ4n) is 3.56. The van der Waals surface area contributed by atoms with E-state index in [2.05, 4.69) is 42.5 Å². The summed E-state index contributed by atoms with van der Waals surface area (Å²) in [5.74, 6) is 1.06. The molecular formula is C18H18O2. The van der Waals surface area contributed by atoms with Gasteiger partial charge in [-0.1, -0.05) is 36.4 Å². The van der Waals surface area contributed by atoms with Crippen molar-refractivity contribution >= 4 is 0 Å². The molecule has 0 saturated carbocycles. The lowest BCUT2D eigenvalue weighted by Crippen LogP contribution is -2.41. The standard InChI is InChI=1S/C18H18O2/c1-19-9-8-13-6-7-17-16(10-13)18(12-20-17)11-14-4-2-3-5-15(14)18/h2-7,10H,8-9,11-12H2,1H3. The van der Waals surface area contributed by atoms with Crippen molar-refractivity contribution in [2.45, 2.75) is 18.3 Å². The maximum Gasteiger partial charge on any atom is 0.123 e. The van der Waals surface area contributed by atoms with Crippen molar-refractivity contribution in [3.63, 3.8) is 0 Å². The van der Waals surface area contributed by atoms with E-state index in [1.54, 1.807) is 7.11 Å². The molecular weight excluding hydrogens is 248 g/mol. The van der Waals surface area contributed by atoms with Crippen molar-refractivity contribution in [2.75, 3.05) is 20.3 Å². The fourth-order valence-corrected chi connectivity index (χ4v) is 3.56. The number of benzene rings is 2. The van der Waals surface area contributed by atoms with Crippen LogP contribution < -0.4 is 4.74 Å². The molecule has 0 aromatic heterocycles. The highest BCUT2D eigenvalue weighted by Gasteiger charge is 2.49. The van der Waals surface area contributed by atoms with Crippen LogP contribution in [0.5, 0.6) is 5.75 Å². The third kappa shape index (κ3) is 1.55. The summed E-state index contributed by atoms with van der Waals surface area (Å²) < 4.78 is 11.1. The van der Waals surface area contributed by atoms with E-state index in [-0.39, 0.29) is 5.41 Å². The molecule has 1 heterocycles. The topological polar surface area (TPSA) is 18.5 Å². The molecule has 2 heteroatoms. The Morgan fingerprint density at radius 3 is 2.90 bits per heavy atom. The first-order valence-electron chi connectivity index (χ1n) is 7.17. The van der Waals surface area contributed by atoms with Crippen LogP contribution in [0.15, 0.2) is 42.5 Å². The first kappa shape index (κ1) is 12.0. The minimum atomic E-state index is 0.106. The predicted octanol–water partition coefficient (Wildman–Crippen LogP) is 3.11. The van der Waals surface area contributed by atoms with Crippen molar-refractivity contribution in [2.24, 2.45) is 0 Å². The Bertz CT molecular complexity index is 662. The number of rotatable bonds is 3. The van der Waals surface area contributed by atoms with E-state index >= 15 is 0 Å². The number of methoxy groups -OCH3 is 1. The normalized spacial score (nSPS) is 22.1. The van der Waals surface area contributed by atoms with Crippen LogP contribution in [0.25, 0.3) is 0 Å². The van der Waals surface area contributed by atoms with Gasteiger partial charge in [0.05, 0.1) is 12.0 Å². The zero-order valence-corrected chi connectivity index (χ0v) is 11.7. The maximum atomic E-state index is 5.94. The van der Waals surface area contributed by atoms with Gasteiger partial charge in [-0.2, -0.15) is 0 Å². The molecule has 2 aromatic rings. The average Bonchev–Trinajstić information content (AvgIpc) is 2.85. The molecule has 0 fully saturated rings. The van der Waals surface area contributed by atoms with Crippen LogP contribution in [-0.2, 0) is 23.0 Å². The number of ether oxygens (including phenoxy) is 2. The molecule has 0 amide bonds. The zero-order chi connectivity index (χ0) is 13.6. The van der Waals surface area contributed by atoms with Crippen molar-refractivity contribution < 1.29 is 9.47 Å². The van der Waals surface area contributed by atoms with Gasteiger partial charge < -0.3 is 9.47 Å². The summed E-state index contributed by atoms with van der Waals surface area (Å²) in [5.41, 5.74) is 5.72. The number of fused-ring (bicyclic) bond motifs is 4. The molecule has 4 rings (SSSR count). The van der Waals surface area contributed by atoms with Crippen LogP contribution in [0.4, 0.5) is 0 Å². The second-order valence-electron chi connectivity index (χ2n) is 5.78. The molecule has 0 N–H and O–H groups in total. The predicted molar refractivity (Wildman–Crippen MR) is 78.4 cm³/mol. The third-order valence-corrected chi connectivity index (χ3v) is 4.65. The highest BCUT2D eigenvalue weighted by atomic mass is 16.5. The smallest absolute Gasteiger partial charge is 0.123 e. The molecule has 1 atom stereocenters. The van der Waals surface area contributed by atoms with E-state index in [1.807, 2.05) is 0 Å². The summed E-state index contributed by atoms with van der Waals surface area (Å²) in [7, 11) is 1.75. The largest absolute Gasteiger partial charge is 0.492 e. The molecule has 1 aliphatic heterocycles. The summed E-state index contributed by atoms with van der Waals surface area (Å²) in [6.07, 6.45) is 2.06. The Balaban J connectivity index is 1.75. The molecule has 0 bridgehead atoms. The molecule has 1 spiro atoms.